The van der Waals surface area contributed by atoms with Gasteiger partial charge in [0.2, 0.25) is 11.9 Å². The lowest BCUT2D eigenvalue weighted by atomic mass is 9.94. The molecule has 0 aliphatic heterocycles. The maximum atomic E-state index is 12.8. The average Bonchev–Trinajstić information content (AvgIpc) is 2.69. The molecule has 1 unspecified atom stereocenters. The zero-order chi connectivity index (χ0) is 23.2. The lowest BCUT2D eigenvalue weighted by molar-refractivity contribution is -0.119. The van der Waals surface area contributed by atoms with E-state index < -0.39 is 27.4 Å². The van der Waals surface area contributed by atoms with Crippen LogP contribution in [0, 0.1) is 6.92 Å². The number of oxime groups is 1. The van der Waals surface area contributed by atoms with E-state index in [0.29, 0.717) is 11.4 Å². The molecule has 1 aromatic carbocycles. The van der Waals surface area contributed by atoms with Gasteiger partial charge < -0.3 is 31.8 Å². The van der Waals surface area contributed by atoms with Gasteiger partial charge in [-0.15, -0.1) is 0 Å². The van der Waals surface area contributed by atoms with Crippen LogP contribution in [0.3, 0.4) is 0 Å². The molecule has 0 radical (unpaired) electrons. The van der Waals surface area contributed by atoms with Gasteiger partial charge in [-0.05, 0) is 54.4 Å². The number of hydrogen-bond acceptors (Lipinski definition) is 7. The molecule has 0 saturated carbocycles. The third kappa shape index (κ3) is 6.12. The van der Waals surface area contributed by atoms with Gasteiger partial charge in [0.1, 0.15) is 18.0 Å². The van der Waals surface area contributed by atoms with Crippen molar-refractivity contribution in [2.45, 2.75) is 24.2 Å². The van der Waals surface area contributed by atoms with Crippen LogP contribution in [0.1, 0.15) is 23.6 Å². The predicted molar refractivity (Wildman–Crippen MR) is 114 cm³/mol. The van der Waals surface area contributed by atoms with Crippen LogP contribution in [0.2, 0.25) is 0 Å². The number of guanidine groups is 1. The molecule has 12 nitrogen and oxygen atoms in total. The van der Waals surface area contributed by atoms with E-state index in [-0.39, 0.29) is 35.1 Å². The third-order valence-corrected chi connectivity index (χ3v) is 5.56. The number of aryl methyl sites for hydroxylation is 1. The fourth-order valence-electron chi connectivity index (χ4n) is 2.78. The largest absolute Gasteiger partial charge is 0.497 e. The first kappa shape index (κ1) is 23.5. The fourth-order valence-corrected chi connectivity index (χ4v) is 3.88. The maximum Gasteiger partial charge on any atom is 0.272 e. The second-order valence-corrected chi connectivity index (χ2v) is 8.17. The number of aromatic nitrogens is 1. The molecule has 13 heteroatoms. The van der Waals surface area contributed by atoms with Crippen molar-refractivity contribution in [3.8, 4) is 5.75 Å². The highest BCUT2D eigenvalue weighted by molar-refractivity contribution is 7.92. The molecule has 0 spiro atoms. The van der Waals surface area contributed by atoms with Crippen LogP contribution >= 0.6 is 0 Å². The first-order chi connectivity index (χ1) is 14.5. The first-order valence-electron chi connectivity index (χ1n) is 8.96. The molecule has 168 valence electrons. The molecule has 0 aliphatic rings. The number of aromatic amines is 1. The topological polar surface area (TPSA) is 205 Å². The minimum absolute atomic E-state index is 0.00767. The minimum Gasteiger partial charge on any atom is -0.497 e. The summed E-state index contributed by atoms with van der Waals surface area (Å²) in [5.74, 6) is -1.69. The number of H-pyrrole nitrogens is 1. The second-order valence-electron chi connectivity index (χ2n) is 6.49. The van der Waals surface area contributed by atoms with E-state index in [4.69, 9.17) is 26.8 Å². The summed E-state index contributed by atoms with van der Waals surface area (Å²) >= 11 is 0. The third-order valence-electron chi connectivity index (χ3n) is 4.19. The van der Waals surface area contributed by atoms with Crippen LogP contribution in [-0.2, 0) is 19.7 Å². The Hall–Kier alpha value is -3.74. The Morgan fingerprint density at radius 3 is 2.42 bits per heavy atom. The number of amides is 1. The molecule has 0 fully saturated rings. The highest BCUT2D eigenvalue weighted by atomic mass is 32.2. The number of nitrogens with one attached hydrogen (secondary N) is 2. The van der Waals surface area contributed by atoms with Crippen molar-refractivity contribution < 1.29 is 22.8 Å². The van der Waals surface area contributed by atoms with Crippen molar-refractivity contribution in [2.75, 3.05) is 18.4 Å². The first-order valence-corrected chi connectivity index (χ1v) is 10.4. The number of benzene rings is 1. The summed E-state index contributed by atoms with van der Waals surface area (Å²) in [6, 6.07) is 7.02. The minimum atomic E-state index is -4.16. The Kier molecular flexibility index (Phi) is 7.47. The maximum absolute atomic E-state index is 12.8. The van der Waals surface area contributed by atoms with Crippen LogP contribution in [0.15, 0.2) is 45.2 Å². The zero-order valence-electron chi connectivity index (χ0n) is 16.9. The number of carbonyl (C=O) groups excluding carboxylic acids is 1. The van der Waals surface area contributed by atoms with E-state index in [1.807, 2.05) is 0 Å². The summed E-state index contributed by atoms with van der Waals surface area (Å²) in [7, 11) is -2.71. The van der Waals surface area contributed by atoms with Crippen LogP contribution in [0.25, 0.3) is 0 Å². The van der Waals surface area contributed by atoms with Gasteiger partial charge in [0, 0.05) is 5.69 Å². The Morgan fingerprint density at radius 1 is 1.23 bits per heavy atom. The van der Waals surface area contributed by atoms with Crippen molar-refractivity contribution in [1.29, 1.82) is 0 Å². The van der Waals surface area contributed by atoms with Crippen molar-refractivity contribution in [3.05, 3.63) is 51.9 Å². The summed E-state index contributed by atoms with van der Waals surface area (Å²) in [4.78, 5) is 31.9. The highest BCUT2D eigenvalue weighted by Gasteiger charge is 2.26. The molecule has 0 saturated heterocycles. The fraction of sp³-hybridized carbons (Fsp3) is 0.278. The molecule has 31 heavy (non-hydrogen) atoms. The van der Waals surface area contributed by atoms with E-state index in [9.17, 15) is 18.0 Å². The van der Waals surface area contributed by atoms with Gasteiger partial charge in [-0.3, -0.25) is 14.3 Å². The number of pyridine rings is 1. The van der Waals surface area contributed by atoms with E-state index in [0.717, 1.165) is 0 Å². The summed E-state index contributed by atoms with van der Waals surface area (Å²) in [6.07, 6.45) is -0.00767. The van der Waals surface area contributed by atoms with Crippen LogP contribution in [0.5, 0.6) is 5.75 Å². The molecule has 1 heterocycles. The molecular formula is C18H24N6O6S. The molecule has 1 aromatic heterocycles. The SMILES string of the molecule is COc1ccc(S(=O)(=O)Nc2c(C(CCON=C(N)N)C(N)=O)cc(C)[nH]c2=O)cc1. The number of ether oxygens (including phenoxy) is 1. The van der Waals surface area contributed by atoms with Crippen molar-refractivity contribution in [2.24, 2.45) is 22.4 Å². The van der Waals surface area contributed by atoms with Gasteiger partial charge >= 0.3 is 0 Å². The van der Waals surface area contributed by atoms with Crippen LogP contribution in [0.4, 0.5) is 5.69 Å². The smallest absolute Gasteiger partial charge is 0.272 e. The molecule has 0 bridgehead atoms. The Labute approximate surface area is 178 Å². The molecule has 1 atom stereocenters. The summed E-state index contributed by atoms with van der Waals surface area (Å²) in [5, 5.41) is 3.35. The number of primary amides is 1. The zero-order valence-corrected chi connectivity index (χ0v) is 17.7. The Morgan fingerprint density at radius 2 is 1.87 bits per heavy atom. The number of rotatable bonds is 10. The predicted octanol–water partition coefficient (Wildman–Crippen LogP) is -0.343. The summed E-state index contributed by atoms with van der Waals surface area (Å²) in [6.45, 7) is 1.47. The van der Waals surface area contributed by atoms with Crippen LogP contribution < -0.4 is 32.2 Å². The number of methoxy groups -OCH3 is 1. The molecule has 1 amide bonds. The average molecular weight is 452 g/mol. The quantitative estimate of drug-likeness (QED) is 0.139. The van der Waals surface area contributed by atoms with Gasteiger partial charge in [0.15, 0.2) is 0 Å². The van der Waals surface area contributed by atoms with Gasteiger partial charge in [0.25, 0.3) is 15.6 Å². The highest BCUT2D eigenvalue weighted by Crippen LogP contribution is 2.27. The normalized spacial score (nSPS) is 11.9. The van der Waals surface area contributed by atoms with E-state index in [2.05, 4.69) is 14.9 Å². The van der Waals surface area contributed by atoms with Gasteiger partial charge in [0.05, 0.1) is 17.9 Å². The van der Waals surface area contributed by atoms with Crippen LogP contribution in [-0.4, -0.2) is 39.0 Å². The monoisotopic (exact) mass is 452 g/mol. The van der Waals surface area contributed by atoms with Crippen molar-refractivity contribution >= 4 is 27.6 Å². The van der Waals surface area contributed by atoms with Gasteiger partial charge in [-0.2, -0.15) is 0 Å². The van der Waals surface area contributed by atoms with Crippen molar-refractivity contribution in [1.82, 2.24) is 4.98 Å². The lowest BCUT2D eigenvalue weighted by Crippen LogP contribution is -2.29. The van der Waals surface area contributed by atoms with E-state index in [1.54, 1.807) is 6.92 Å². The number of sulfonamides is 1. The standard InChI is InChI=1S/C18H24N6O6S/c1-10-9-14(13(16(19)25)7-8-30-23-18(20)21)15(17(26)22-10)24-31(27,28)12-5-3-11(29-2)4-6-12/h3-6,9,13,24H,7-8H2,1-2H3,(H2,19,25)(H,22,26)(H4,20,21,23). The number of nitrogens with zero attached hydrogens (tertiary/aromatic N) is 1. The molecular weight excluding hydrogens is 428 g/mol. The van der Waals surface area contributed by atoms with E-state index >= 15 is 0 Å². The molecule has 2 aromatic rings. The number of nitrogens with two attached hydrogens (primary N) is 3. The Balaban J connectivity index is 2.44. The van der Waals surface area contributed by atoms with Crippen molar-refractivity contribution in [3.63, 3.8) is 0 Å². The summed E-state index contributed by atoms with van der Waals surface area (Å²) in [5.41, 5.74) is 15.3. The molecule has 2 rings (SSSR count). The summed E-state index contributed by atoms with van der Waals surface area (Å²) < 4.78 is 32.9. The molecule has 0 aliphatic carbocycles. The Bertz CT molecular complexity index is 1120. The van der Waals surface area contributed by atoms with Gasteiger partial charge in [-0.1, -0.05) is 0 Å². The number of carbonyl (C=O) groups is 1. The number of hydrogen-bond donors (Lipinski definition) is 5. The van der Waals surface area contributed by atoms with Gasteiger partial charge in [-0.25, -0.2) is 8.42 Å². The lowest BCUT2D eigenvalue weighted by Gasteiger charge is -2.18. The van der Waals surface area contributed by atoms with E-state index in [1.165, 1.54) is 37.4 Å². The second kappa shape index (κ2) is 9.84. The number of anilines is 1. The molecule has 8 N–H and O–H groups in total.